The van der Waals surface area contributed by atoms with Gasteiger partial charge in [0.05, 0.1) is 30.3 Å². The molecule has 0 atom stereocenters. The molecule has 0 unspecified atom stereocenters. The lowest BCUT2D eigenvalue weighted by molar-refractivity contribution is -0.114. The number of nitrogens with one attached hydrogen (secondary N) is 2. The van der Waals surface area contributed by atoms with Gasteiger partial charge in [-0.3, -0.25) is 14.4 Å². The number of thiophene rings is 1. The van der Waals surface area contributed by atoms with Crippen LogP contribution in [0.2, 0.25) is 0 Å². The monoisotopic (exact) mass is 482 g/mol. The van der Waals surface area contributed by atoms with Gasteiger partial charge in [0.15, 0.2) is 23.9 Å². The molecule has 0 saturated heterocycles. The summed E-state index contributed by atoms with van der Waals surface area (Å²) in [6.07, 6.45) is 0. The van der Waals surface area contributed by atoms with Crippen LogP contribution in [0.4, 0.5) is 11.4 Å². The standard InChI is InChI=1S/C24H22N2O7S/c1-14(27)25-16-8-6-15(7-9-16)19(28)13-33-24(30)17-11-20(31-2)21(32-3)12-18(17)26-23(29)22-5-4-10-34-22/h4-12H,13H2,1-3H3,(H,25,27)(H,26,29). The SMILES string of the molecule is COc1cc(NC(=O)c2cccs2)c(C(=O)OCC(=O)c2ccc(NC(C)=O)cc2)cc1OC. The first-order chi connectivity index (χ1) is 16.3. The molecular formula is C24H22N2O7S. The summed E-state index contributed by atoms with van der Waals surface area (Å²) in [7, 11) is 2.83. The van der Waals surface area contributed by atoms with Crippen molar-refractivity contribution >= 4 is 46.3 Å². The Balaban J connectivity index is 1.77. The lowest BCUT2D eigenvalue weighted by atomic mass is 10.1. The van der Waals surface area contributed by atoms with Crippen molar-refractivity contribution in [2.75, 3.05) is 31.5 Å². The number of methoxy groups -OCH3 is 2. The summed E-state index contributed by atoms with van der Waals surface area (Å²) in [5.41, 5.74) is 0.988. The van der Waals surface area contributed by atoms with Gasteiger partial charge in [-0.2, -0.15) is 0 Å². The zero-order valence-electron chi connectivity index (χ0n) is 18.7. The third-order valence-electron chi connectivity index (χ3n) is 4.60. The second-order valence-electron chi connectivity index (χ2n) is 6.94. The van der Waals surface area contributed by atoms with E-state index in [9.17, 15) is 19.2 Å². The quantitative estimate of drug-likeness (QED) is 0.349. The van der Waals surface area contributed by atoms with Gasteiger partial charge in [-0.05, 0) is 35.7 Å². The van der Waals surface area contributed by atoms with Crippen molar-refractivity contribution in [3.63, 3.8) is 0 Å². The first kappa shape index (κ1) is 24.5. The molecule has 3 rings (SSSR count). The van der Waals surface area contributed by atoms with E-state index in [0.717, 1.165) is 0 Å². The number of esters is 1. The minimum Gasteiger partial charge on any atom is -0.493 e. The molecule has 0 bridgehead atoms. The molecule has 2 amide bonds. The highest BCUT2D eigenvalue weighted by molar-refractivity contribution is 7.12. The normalized spacial score (nSPS) is 10.2. The molecule has 0 radical (unpaired) electrons. The van der Waals surface area contributed by atoms with Gasteiger partial charge >= 0.3 is 5.97 Å². The second-order valence-corrected chi connectivity index (χ2v) is 7.89. The van der Waals surface area contributed by atoms with E-state index < -0.39 is 24.3 Å². The van der Waals surface area contributed by atoms with Gasteiger partial charge < -0.3 is 24.8 Å². The average Bonchev–Trinajstić information content (AvgIpc) is 3.37. The lowest BCUT2D eigenvalue weighted by Crippen LogP contribution is -2.18. The molecule has 0 aliphatic heterocycles. The van der Waals surface area contributed by atoms with Crippen LogP contribution in [-0.2, 0) is 9.53 Å². The Morgan fingerprint density at radius 3 is 2.18 bits per heavy atom. The average molecular weight is 483 g/mol. The molecule has 0 spiro atoms. The van der Waals surface area contributed by atoms with E-state index in [-0.39, 0.29) is 22.9 Å². The number of ether oxygens (including phenoxy) is 3. The van der Waals surface area contributed by atoms with Crippen LogP contribution in [0.5, 0.6) is 11.5 Å². The Labute approximate surface area is 199 Å². The molecule has 34 heavy (non-hydrogen) atoms. The third-order valence-corrected chi connectivity index (χ3v) is 5.47. The Morgan fingerprint density at radius 2 is 1.59 bits per heavy atom. The molecule has 0 aliphatic carbocycles. The van der Waals surface area contributed by atoms with Crippen molar-refractivity contribution in [2.45, 2.75) is 6.92 Å². The van der Waals surface area contributed by atoms with E-state index in [0.29, 0.717) is 21.9 Å². The number of Topliss-reactive ketones (excluding diaryl/α,β-unsaturated/α-hetero) is 1. The van der Waals surface area contributed by atoms with Gasteiger partial charge in [-0.25, -0.2) is 4.79 Å². The lowest BCUT2D eigenvalue weighted by Gasteiger charge is -2.15. The summed E-state index contributed by atoms with van der Waals surface area (Å²) < 4.78 is 15.7. The van der Waals surface area contributed by atoms with Crippen molar-refractivity contribution in [1.82, 2.24) is 0 Å². The number of amides is 2. The molecule has 2 aromatic carbocycles. The number of carbonyl (C=O) groups is 4. The fourth-order valence-electron chi connectivity index (χ4n) is 2.98. The third kappa shape index (κ3) is 5.99. The number of ketones is 1. The summed E-state index contributed by atoms with van der Waals surface area (Å²) in [5.74, 6) is -1.35. The number of rotatable bonds is 9. The van der Waals surface area contributed by atoms with Gasteiger partial charge in [0.2, 0.25) is 5.91 Å². The number of benzene rings is 2. The van der Waals surface area contributed by atoms with E-state index in [1.807, 2.05) is 0 Å². The summed E-state index contributed by atoms with van der Waals surface area (Å²) in [4.78, 5) is 49.4. The van der Waals surface area contributed by atoms with Crippen molar-refractivity contribution in [2.24, 2.45) is 0 Å². The van der Waals surface area contributed by atoms with Gasteiger partial charge in [0, 0.05) is 30.3 Å². The van der Waals surface area contributed by atoms with Crippen LogP contribution >= 0.6 is 11.3 Å². The predicted octanol–water partition coefficient (Wildman–Crippen LogP) is 4.02. The molecule has 1 heterocycles. The van der Waals surface area contributed by atoms with Crippen molar-refractivity contribution in [1.29, 1.82) is 0 Å². The maximum atomic E-state index is 12.8. The van der Waals surface area contributed by atoms with Crippen molar-refractivity contribution in [3.05, 3.63) is 69.9 Å². The largest absolute Gasteiger partial charge is 0.493 e. The van der Waals surface area contributed by atoms with E-state index in [4.69, 9.17) is 14.2 Å². The Hall–Kier alpha value is -4.18. The molecule has 176 valence electrons. The predicted molar refractivity (Wildman–Crippen MR) is 127 cm³/mol. The molecule has 1 aromatic heterocycles. The first-order valence-corrected chi connectivity index (χ1v) is 10.9. The fraction of sp³-hybridized carbons (Fsp3) is 0.167. The molecule has 0 aliphatic rings. The van der Waals surface area contributed by atoms with Gasteiger partial charge in [-0.1, -0.05) is 6.07 Å². The maximum Gasteiger partial charge on any atom is 0.340 e. The van der Waals surface area contributed by atoms with Crippen LogP contribution < -0.4 is 20.1 Å². The van der Waals surface area contributed by atoms with E-state index in [1.54, 1.807) is 29.6 Å². The Bertz CT molecular complexity index is 1200. The van der Waals surface area contributed by atoms with E-state index in [1.165, 1.54) is 56.7 Å². The Kier molecular flexibility index (Phi) is 7.99. The van der Waals surface area contributed by atoms with Gasteiger partial charge in [0.1, 0.15) is 0 Å². The molecule has 9 nitrogen and oxygen atoms in total. The van der Waals surface area contributed by atoms with Gasteiger partial charge in [0.25, 0.3) is 5.91 Å². The van der Waals surface area contributed by atoms with Crippen LogP contribution in [0.25, 0.3) is 0 Å². The number of hydrogen-bond donors (Lipinski definition) is 2. The van der Waals surface area contributed by atoms with Crippen LogP contribution in [0.3, 0.4) is 0 Å². The fourth-order valence-corrected chi connectivity index (χ4v) is 3.60. The zero-order chi connectivity index (χ0) is 24.7. The maximum absolute atomic E-state index is 12.8. The highest BCUT2D eigenvalue weighted by Gasteiger charge is 2.21. The van der Waals surface area contributed by atoms with E-state index in [2.05, 4.69) is 10.6 Å². The van der Waals surface area contributed by atoms with Gasteiger partial charge in [-0.15, -0.1) is 11.3 Å². The minimum absolute atomic E-state index is 0.00337. The number of hydrogen-bond acceptors (Lipinski definition) is 8. The molecule has 10 heteroatoms. The smallest absolute Gasteiger partial charge is 0.340 e. The second kappa shape index (κ2) is 11.1. The van der Waals surface area contributed by atoms with Crippen molar-refractivity contribution < 1.29 is 33.4 Å². The van der Waals surface area contributed by atoms with Crippen LogP contribution in [0.1, 0.15) is 37.3 Å². The molecule has 3 aromatic rings. The number of anilines is 2. The molecular weight excluding hydrogens is 460 g/mol. The van der Waals surface area contributed by atoms with Crippen LogP contribution in [0, 0.1) is 0 Å². The summed E-state index contributed by atoms with van der Waals surface area (Å²) in [5, 5.41) is 7.04. The molecule has 0 fully saturated rings. The van der Waals surface area contributed by atoms with E-state index >= 15 is 0 Å². The summed E-state index contributed by atoms with van der Waals surface area (Å²) >= 11 is 1.25. The highest BCUT2D eigenvalue weighted by atomic mass is 32.1. The molecule has 0 saturated carbocycles. The zero-order valence-corrected chi connectivity index (χ0v) is 19.5. The van der Waals surface area contributed by atoms with Crippen molar-refractivity contribution in [3.8, 4) is 11.5 Å². The minimum atomic E-state index is -0.828. The summed E-state index contributed by atoms with van der Waals surface area (Å²) in [6.45, 7) is 0.856. The number of carbonyl (C=O) groups excluding carboxylic acids is 4. The van der Waals surface area contributed by atoms with Crippen LogP contribution in [-0.4, -0.2) is 44.4 Å². The topological polar surface area (TPSA) is 120 Å². The highest BCUT2D eigenvalue weighted by Crippen LogP contribution is 2.34. The Morgan fingerprint density at radius 1 is 0.912 bits per heavy atom. The first-order valence-electron chi connectivity index (χ1n) is 10.0. The summed E-state index contributed by atoms with van der Waals surface area (Å²) in [6, 6.07) is 12.4. The molecule has 2 N–H and O–H groups in total. The van der Waals surface area contributed by atoms with Crippen LogP contribution in [0.15, 0.2) is 53.9 Å².